The first-order valence-corrected chi connectivity index (χ1v) is 5.99. The lowest BCUT2D eigenvalue weighted by Gasteiger charge is -2.08. The Hall–Kier alpha value is -3.42. The zero-order valence-corrected chi connectivity index (χ0v) is 11.1. The maximum atomic E-state index is 12.1. The van der Waals surface area contributed by atoms with E-state index in [4.69, 9.17) is 15.6 Å². The van der Waals surface area contributed by atoms with Crippen LogP contribution in [0.3, 0.4) is 0 Å². The summed E-state index contributed by atoms with van der Waals surface area (Å²) < 4.78 is 4.95. The molecule has 0 unspecified atom stereocenters. The van der Waals surface area contributed by atoms with Gasteiger partial charge < -0.3 is 15.6 Å². The summed E-state index contributed by atoms with van der Waals surface area (Å²) in [5, 5.41) is 19.8. The molecule has 0 aromatic heterocycles. The molecule has 2 rings (SSSR count). The average Bonchev–Trinajstić information content (AvgIpc) is 2.47. The Balaban J connectivity index is 2.37. The highest BCUT2D eigenvalue weighted by Crippen LogP contribution is 2.27. The van der Waals surface area contributed by atoms with Crippen molar-refractivity contribution in [3.8, 4) is 5.75 Å². The summed E-state index contributed by atoms with van der Waals surface area (Å²) in [5.41, 5.74) is 4.54. The number of nitrogens with zero attached hydrogens (tertiary/aromatic N) is 1. The highest BCUT2D eigenvalue weighted by molar-refractivity contribution is 6.03. The van der Waals surface area contributed by atoms with E-state index in [-0.39, 0.29) is 28.3 Å². The average molecular weight is 302 g/mol. The molecule has 0 heterocycles. The number of nitrogen functional groups attached to an aromatic ring is 1. The largest absolute Gasteiger partial charge is 0.478 e. The number of carbonyl (C=O) groups excluding carboxylic acids is 1. The van der Waals surface area contributed by atoms with Crippen LogP contribution in [0.4, 0.5) is 11.4 Å². The standard InChI is InChI=1S/C14H10N2O6/c15-12-8(13(17)18)4-3-5-9(12)14(19)22-11-7-2-1-6-10(11)16(20)21/h1-7H,15H2,(H,17,18). The number of hydrogen-bond donors (Lipinski definition) is 2. The molecule has 0 radical (unpaired) electrons. The maximum absolute atomic E-state index is 12.1. The Kier molecular flexibility index (Phi) is 4.03. The Morgan fingerprint density at radius 3 is 2.36 bits per heavy atom. The molecule has 2 aromatic rings. The minimum absolute atomic E-state index is 0.182. The number of aromatic carboxylic acids is 1. The van der Waals surface area contributed by atoms with Gasteiger partial charge in [-0.2, -0.15) is 0 Å². The van der Waals surface area contributed by atoms with E-state index in [0.29, 0.717) is 0 Å². The summed E-state index contributed by atoms with van der Waals surface area (Å²) in [4.78, 5) is 33.2. The van der Waals surface area contributed by atoms with Crippen LogP contribution in [0.2, 0.25) is 0 Å². The van der Waals surface area contributed by atoms with Crippen LogP contribution in [-0.2, 0) is 0 Å². The molecule has 0 atom stereocenters. The molecule has 0 aliphatic carbocycles. The van der Waals surface area contributed by atoms with Gasteiger partial charge in [-0.1, -0.05) is 18.2 Å². The third-order valence-electron chi connectivity index (χ3n) is 2.82. The smallest absolute Gasteiger partial charge is 0.345 e. The first kappa shape index (κ1) is 15.0. The van der Waals surface area contributed by atoms with Crippen LogP contribution in [0.25, 0.3) is 0 Å². The zero-order chi connectivity index (χ0) is 16.3. The lowest BCUT2D eigenvalue weighted by Crippen LogP contribution is -2.14. The van der Waals surface area contributed by atoms with Gasteiger partial charge in [0.25, 0.3) is 0 Å². The van der Waals surface area contributed by atoms with Gasteiger partial charge in [0.1, 0.15) is 0 Å². The van der Waals surface area contributed by atoms with E-state index in [0.717, 1.165) is 0 Å². The van der Waals surface area contributed by atoms with Crippen molar-refractivity contribution >= 4 is 23.3 Å². The number of carboxylic acids is 1. The molecular formula is C14H10N2O6. The molecule has 0 saturated carbocycles. The Labute approximate surface area is 123 Å². The number of carbonyl (C=O) groups is 2. The number of nitro benzene ring substituents is 1. The Morgan fingerprint density at radius 1 is 1.09 bits per heavy atom. The molecule has 8 nitrogen and oxygen atoms in total. The second-order valence-corrected chi connectivity index (χ2v) is 4.19. The number of nitro groups is 1. The molecule has 0 amide bonds. The predicted octanol–water partition coefficient (Wildman–Crippen LogP) is 2.09. The van der Waals surface area contributed by atoms with Gasteiger partial charge in [-0.15, -0.1) is 0 Å². The number of benzene rings is 2. The second-order valence-electron chi connectivity index (χ2n) is 4.19. The van der Waals surface area contributed by atoms with Gasteiger partial charge in [0.2, 0.25) is 5.75 Å². The van der Waals surface area contributed by atoms with Crippen LogP contribution < -0.4 is 10.5 Å². The summed E-state index contributed by atoms with van der Waals surface area (Å²) in [6.45, 7) is 0. The van der Waals surface area contributed by atoms with Crippen molar-refractivity contribution in [1.82, 2.24) is 0 Å². The van der Waals surface area contributed by atoms with Crippen LogP contribution in [-0.4, -0.2) is 22.0 Å². The van der Waals surface area contributed by atoms with Crippen molar-refractivity contribution in [2.75, 3.05) is 5.73 Å². The third-order valence-corrected chi connectivity index (χ3v) is 2.82. The Morgan fingerprint density at radius 2 is 1.73 bits per heavy atom. The van der Waals surface area contributed by atoms with Crippen LogP contribution >= 0.6 is 0 Å². The van der Waals surface area contributed by atoms with Crippen molar-refractivity contribution in [1.29, 1.82) is 0 Å². The number of anilines is 1. The second kappa shape index (κ2) is 5.92. The summed E-state index contributed by atoms with van der Waals surface area (Å²) in [6.07, 6.45) is 0. The number of esters is 1. The van der Waals surface area contributed by atoms with Crippen molar-refractivity contribution in [3.63, 3.8) is 0 Å². The fourth-order valence-corrected chi connectivity index (χ4v) is 1.78. The van der Waals surface area contributed by atoms with E-state index in [1.165, 1.54) is 42.5 Å². The molecule has 0 aliphatic rings. The molecule has 0 bridgehead atoms. The van der Waals surface area contributed by atoms with Gasteiger partial charge in [0.05, 0.1) is 21.7 Å². The monoisotopic (exact) mass is 302 g/mol. The zero-order valence-electron chi connectivity index (χ0n) is 11.1. The summed E-state index contributed by atoms with van der Waals surface area (Å²) in [6, 6.07) is 9.17. The summed E-state index contributed by atoms with van der Waals surface area (Å²) in [5.74, 6) is -2.52. The van der Waals surface area contributed by atoms with E-state index < -0.39 is 16.9 Å². The number of para-hydroxylation sites is 3. The van der Waals surface area contributed by atoms with Crippen molar-refractivity contribution in [3.05, 3.63) is 63.7 Å². The van der Waals surface area contributed by atoms with Gasteiger partial charge in [0.15, 0.2) is 0 Å². The molecule has 0 fully saturated rings. The molecule has 2 aromatic carbocycles. The molecule has 8 heteroatoms. The highest BCUT2D eigenvalue weighted by atomic mass is 16.6. The fourth-order valence-electron chi connectivity index (χ4n) is 1.78. The summed E-state index contributed by atoms with van der Waals surface area (Å²) >= 11 is 0. The molecule has 112 valence electrons. The molecule has 0 saturated heterocycles. The Bertz CT molecular complexity index is 772. The topological polar surface area (TPSA) is 133 Å². The minimum atomic E-state index is -1.29. The van der Waals surface area contributed by atoms with Crippen LogP contribution in [0.5, 0.6) is 5.75 Å². The predicted molar refractivity (Wildman–Crippen MR) is 75.9 cm³/mol. The molecule has 0 aliphatic heterocycles. The van der Waals surface area contributed by atoms with E-state index in [9.17, 15) is 19.7 Å². The molecular weight excluding hydrogens is 292 g/mol. The van der Waals surface area contributed by atoms with E-state index in [1.54, 1.807) is 0 Å². The normalized spacial score (nSPS) is 10.0. The summed E-state index contributed by atoms with van der Waals surface area (Å²) in [7, 11) is 0. The van der Waals surface area contributed by atoms with E-state index in [1.807, 2.05) is 0 Å². The van der Waals surface area contributed by atoms with Crippen molar-refractivity contribution in [2.24, 2.45) is 0 Å². The van der Waals surface area contributed by atoms with Crippen LogP contribution in [0.15, 0.2) is 42.5 Å². The van der Waals surface area contributed by atoms with Crippen molar-refractivity contribution in [2.45, 2.75) is 0 Å². The first-order chi connectivity index (χ1) is 10.4. The van der Waals surface area contributed by atoms with Gasteiger partial charge in [0, 0.05) is 6.07 Å². The molecule has 0 spiro atoms. The number of carboxylic acid groups (broad SMARTS) is 1. The lowest BCUT2D eigenvalue weighted by atomic mass is 10.1. The van der Waals surface area contributed by atoms with Crippen molar-refractivity contribution < 1.29 is 24.4 Å². The third kappa shape index (κ3) is 2.85. The number of ether oxygens (including phenoxy) is 1. The quantitative estimate of drug-likeness (QED) is 0.290. The van der Waals surface area contributed by atoms with Gasteiger partial charge in [-0.25, -0.2) is 9.59 Å². The molecule has 22 heavy (non-hydrogen) atoms. The SMILES string of the molecule is Nc1c(C(=O)O)cccc1C(=O)Oc1ccccc1[N+](=O)[O-]. The molecule has 3 N–H and O–H groups in total. The van der Waals surface area contributed by atoms with Crippen LogP contribution in [0.1, 0.15) is 20.7 Å². The van der Waals surface area contributed by atoms with E-state index in [2.05, 4.69) is 0 Å². The number of rotatable bonds is 4. The highest BCUT2D eigenvalue weighted by Gasteiger charge is 2.21. The first-order valence-electron chi connectivity index (χ1n) is 5.99. The van der Waals surface area contributed by atoms with Gasteiger partial charge in [-0.05, 0) is 18.2 Å². The van der Waals surface area contributed by atoms with Crippen LogP contribution in [0, 0.1) is 10.1 Å². The number of nitrogens with two attached hydrogens (primary N) is 1. The maximum Gasteiger partial charge on any atom is 0.345 e. The van der Waals surface area contributed by atoms with Gasteiger partial charge in [-0.3, -0.25) is 10.1 Å². The van der Waals surface area contributed by atoms with Gasteiger partial charge >= 0.3 is 17.6 Å². The number of hydrogen-bond acceptors (Lipinski definition) is 6. The fraction of sp³-hybridized carbons (Fsp3) is 0. The van der Waals surface area contributed by atoms with E-state index >= 15 is 0 Å². The minimum Gasteiger partial charge on any atom is -0.478 e. The lowest BCUT2D eigenvalue weighted by molar-refractivity contribution is -0.385.